The normalized spacial score (nSPS) is 10.2. The van der Waals surface area contributed by atoms with Gasteiger partial charge in [-0.25, -0.2) is 9.59 Å². The molecule has 3 rings (SSSR count). The van der Waals surface area contributed by atoms with E-state index in [1.54, 1.807) is 18.2 Å². The summed E-state index contributed by atoms with van der Waals surface area (Å²) in [6.07, 6.45) is -0.656. The lowest BCUT2D eigenvalue weighted by Crippen LogP contribution is -2.25. The Labute approximate surface area is 228 Å². The van der Waals surface area contributed by atoms with Crippen molar-refractivity contribution in [2.75, 3.05) is 31.5 Å². The Balaban J connectivity index is 2.13. The van der Waals surface area contributed by atoms with E-state index in [0.717, 1.165) is 12.1 Å². The number of carboxylic acid groups (broad SMARTS) is 1. The summed E-state index contributed by atoms with van der Waals surface area (Å²) < 4.78 is 10.2. The molecule has 0 heterocycles. The monoisotopic (exact) mass is 544 g/mol. The minimum Gasteiger partial charge on any atom is -0.507 e. The molecule has 3 aromatic rings. The van der Waals surface area contributed by atoms with E-state index in [2.05, 4.69) is 5.32 Å². The van der Waals surface area contributed by atoms with E-state index in [4.69, 9.17) is 20.1 Å². The number of phenolic OH excluding ortho intramolecular Hbond substituents is 1. The first-order valence-electron chi connectivity index (χ1n) is 11.5. The quantitative estimate of drug-likeness (QED) is 0.239. The standard InChI is InChI=1S/C28H24N4O8/c1-14(33)17-12-23(34)21(25(30)26(35)31-22-7-5-15(13-29)9-20(22)27(36)37)11-18(17)19-10-16(6-8-24(19)39-3)32(2)28(38)40-4/h5-12,30,34H,1-4H3,(H,31,35)(H,36,37). The number of rotatable bonds is 8. The van der Waals surface area contributed by atoms with E-state index in [0.29, 0.717) is 17.0 Å². The molecule has 0 aromatic heterocycles. The molecular formula is C28H24N4O8. The minimum atomic E-state index is -1.40. The van der Waals surface area contributed by atoms with Crippen molar-refractivity contribution in [3.05, 3.63) is 70.8 Å². The maximum atomic E-state index is 13.0. The molecule has 12 nitrogen and oxygen atoms in total. The van der Waals surface area contributed by atoms with Crippen molar-refractivity contribution in [2.45, 2.75) is 6.92 Å². The number of carbonyl (C=O) groups is 4. The number of hydrogen-bond acceptors (Lipinski definition) is 9. The molecule has 0 aliphatic rings. The molecule has 0 radical (unpaired) electrons. The van der Waals surface area contributed by atoms with E-state index in [1.165, 1.54) is 57.4 Å². The van der Waals surface area contributed by atoms with Crippen molar-refractivity contribution in [1.29, 1.82) is 10.7 Å². The van der Waals surface area contributed by atoms with Gasteiger partial charge < -0.3 is 25.0 Å². The molecule has 2 amide bonds. The van der Waals surface area contributed by atoms with E-state index < -0.39 is 35.2 Å². The van der Waals surface area contributed by atoms with Gasteiger partial charge in [0.25, 0.3) is 5.91 Å². The van der Waals surface area contributed by atoms with E-state index in [-0.39, 0.29) is 33.5 Å². The van der Waals surface area contributed by atoms with Gasteiger partial charge in [0.15, 0.2) is 5.78 Å². The number of nitriles is 1. The third-order valence-electron chi connectivity index (χ3n) is 5.95. The van der Waals surface area contributed by atoms with Crippen molar-refractivity contribution in [3.63, 3.8) is 0 Å². The summed E-state index contributed by atoms with van der Waals surface area (Å²) >= 11 is 0. The Hall–Kier alpha value is -5.70. The summed E-state index contributed by atoms with van der Waals surface area (Å²) in [6.45, 7) is 1.27. The number of ketones is 1. The van der Waals surface area contributed by atoms with E-state index >= 15 is 0 Å². The van der Waals surface area contributed by atoms with Crippen LogP contribution >= 0.6 is 0 Å². The SMILES string of the molecule is COC(=O)N(C)c1ccc(OC)c(-c2cc(C(=N)C(=O)Nc3ccc(C#N)cc3C(=O)O)c(O)cc2C(C)=O)c1. The Bertz CT molecular complexity index is 1610. The molecule has 0 aliphatic carbocycles. The van der Waals surface area contributed by atoms with Crippen LogP contribution in [0.25, 0.3) is 11.1 Å². The number of anilines is 2. The lowest BCUT2D eigenvalue weighted by Gasteiger charge is -2.20. The van der Waals surface area contributed by atoms with Crippen LogP contribution in [0, 0.1) is 16.7 Å². The first-order valence-corrected chi connectivity index (χ1v) is 11.5. The van der Waals surface area contributed by atoms with Crippen LogP contribution in [0.15, 0.2) is 48.5 Å². The van der Waals surface area contributed by atoms with Gasteiger partial charge in [-0.3, -0.25) is 19.9 Å². The van der Waals surface area contributed by atoms with Crippen molar-refractivity contribution in [1.82, 2.24) is 0 Å². The second kappa shape index (κ2) is 11.8. The number of aromatic hydroxyl groups is 1. The lowest BCUT2D eigenvalue weighted by molar-refractivity contribution is -0.110. The predicted molar refractivity (Wildman–Crippen MR) is 144 cm³/mol. The minimum absolute atomic E-state index is 0.0471. The zero-order chi connectivity index (χ0) is 29.7. The first-order chi connectivity index (χ1) is 18.9. The maximum Gasteiger partial charge on any atom is 0.413 e. The van der Waals surface area contributed by atoms with Crippen LogP contribution in [0.1, 0.15) is 38.8 Å². The Morgan fingerprint density at radius 1 is 0.975 bits per heavy atom. The van der Waals surface area contributed by atoms with Crippen LogP contribution < -0.4 is 15.0 Å². The Morgan fingerprint density at radius 3 is 2.25 bits per heavy atom. The van der Waals surface area contributed by atoms with Crippen LogP contribution in [-0.4, -0.2) is 60.9 Å². The second-order valence-corrected chi connectivity index (χ2v) is 8.39. The highest BCUT2D eigenvalue weighted by atomic mass is 16.5. The third kappa shape index (κ3) is 5.73. The summed E-state index contributed by atoms with van der Waals surface area (Å²) in [5.74, 6) is -3.16. The number of carboxylic acids is 1. The van der Waals surface area contributed by atoms with Gasteiger partial charge in [-0.15, -0.1) is 0 Å². The molecule has 4 N–H and O–H groups in total. The van der Waals surface area contributed by atoms with Crippen molar-refractivity contribution >= 4 is 40.8 Å². The number of hydrogen-bond donors (Lipinski definition) is 4. The summed E-state index contributed by atoms with van der Waals surface area (Å²) in [5, 5.41) is 40.0. The molecule has 0 bridgehead atoms. The molecule has 12 heteroatoms. The third-order valence-corrected chi connectivity index (χ3v) is 5.95. The number of Topliss-reactive ketones (excluding diaryl/α,β-unsaturated/α-hetero) is 1. The topological polar surface area (TPSA) is 190 Å². The van der Waals surface area contributed by atoms with Gasteiger partial charge in [-0.2, -0.15) is 5.26 Å². The lowest BCUT2D eigenvalue weighted by atomic mass is 9.92. The highest BCUT2D eigenvalue weighted by molar-refractivity contribution is 6.48. The molecule has 0 aliphatic heterocycles. The van der Waals surface area contributed by atoms with Gasteiger partial charge in [0.1, 0.15) is 17.2 Å². The molecule has 0 unspecified atom stereocenters. The molecule has 0 saturated heterocycles. The van der Waals surface area contributed by atoms with Crippen LogP contribution in [0.4, 0.5) is 16.2 Å². The summed E-state index contributed by atoms with van der Waals surface area (Å²) in [7, 11) is 4.09. The van der Waals surface area contributed by atoms with Gasteiger partial charge in [0.05, 0.1) is 37.1 Å². The van der Waals surface area contributed by atoms with Crippen LogP contribution in [-0.2, 0) is 9.53 Å². The van der Waals surface area contributed by atoms with Crippen molar-refractivity contribution in [3.8, 4) is 28.7 Å². The zero-order valence-corrected chi connectivity index (χ0v) is 21.9. The average molecular weight is 545 g/mol. The molecule has 0 fully saturated rings. The number of methoxy groups -OCH3 is 2. The number of aromatic carboxylic acids is 1. The fourth-order valence-corrected chi connectivity index (χ4v) is 3.87. The van der Waals surface area contributed by atoms with Gasteiger partial charge in [-0.05, 0) is 61.0 Å². The fraction of sp³-hybridized carbons (Fsp3) is 0.143. The molecule has 0 spiro atoms. The van der Waals surface area contributed by atoms with Crippen LogP contribution in [0.5, 0.6) is 11.5 Å². The highest BCUT2D eigenvalue weighted by Crippen LogP contribution is 2.38. The number of amides is 2. The first kappa shape index (κ1) is 28.9. The average Bonchev–Trinajstić information content (AvgIpc) is 2.95. The summed E-state index contributed by atoms with van der Waals surface area (Å²) in [5.41, 5.74) is -0.549. The molecule has 204 valence electrons. The number of nitrogens with one attached hydrogen (secondary N) is 2. The molecular weight excluding hydrogens is 520 g/mol. The largest absolute Gasteiger partial charge is 0.507 e. The zero-order valence-electron chi connectivity index (χ0n) is 21.9. The number of benzene rings is 3. The van der Waals surface area contributed by atoms with E-state index in [1.807, 2.05) is 0 Å². The van der Waals surface area contributed by atoms with E-state index in [9.17, 15) is 29.4 Å². The van der Waals surface area contributed by atoms with Crippen LogP contribution in [0.3, 0.4) is 0 Å². The van der Waals surface area contributed by atoms with Gasteiger partial charge in [0, 0.05) is 29.4 Å². The van der Waals surface area contributed by atoms with Gasteiger partial charge in [-0.1, -0.05) is 0 Å². The van der Waals surface area contributed by atoms with Crippen molar-refractivity contribution in [2.24, 2.45) is 0 Å². The maximum absolute atomic E-state index is 13.0. The number of nitrogens with zero attached hydrogens (tertiary/aromatic N) is 2. The predicted octanol–water partition coefficient (Wildman–Crippen LogP) is 4.05. The fourth-order valence-electron chi connectivity index (χ4n) is 3.87. The molecule has 0 atom stereocenters. The second-order valence-electron chi connectivity index (χ2n) is 8.39. The van der Waals surface area contributed by atoms with Crippen LogP contribution in [0.2, 0.25) is 0 Å². The number of ether oxygens (including phenoxy) is 2. The highest BCUT2D eigenvalue weighted by Gasteiger charge is 2.24. The molecule has 40 heavy (non-hydrogen) atoms. The molecule has 3 aromatic carbocycles. The Morgan fingerprint density at radius 2 is 1.68 bits per heavy atom. The molecule has 0 saturated carbocycles. The van der Waals surface area contributed by atoms with Crippen molar-refractivity contribution < 1.29 is 38.9 Å². The summed E-state index contributed by atoms with van der Waals surface area (Å²) in [6, 6.07) is 12.4. The van der Waals surface area contributed by atoms with Gasteiger partial charge >= 0.3 is 12.1 Å². The van der Waals surface area contributed by atoms with Gasteiger partial charge in [0.2, 0.25) is 0 Å². The smallest absolute Gasteiger partial charge is 0.413 e. The Kier molecular flexibility index (Phi) is 8.50. The number of carbonyl (C=O) groups excluding carboxylic acids is 3. The number of phenols is 1. The summed E-state index contributed by atoms with van der Waals surface area (Å²) in [4.78, 5) is 50.4.